The maximum Gasteiger partial charge on any atom is 0.232 e. The Hall–Kier alpha value is -1.60. The molecule has 1 rings (SSSR count). The van der Waals surface area contributed by atoms with Gasteiger partial charge in [0.15, 0.2) is 0 Å². The van der Waals surface area contributed by atoms with E-state index in [4.69, 9.17) is 14.7 Å². The van der Waals surface area contributed by atoms with Crippen LogP contribution in [0.3, 0.4) is 0 Å². The summed E-state index contributed by atoms with van der Waals surface area (Å²) in [6, 6.07) is 3.99. The number of rotatable bonds is 4. The fourth-order valence-corrected chi connectivity index (χ4v) is 1.53. The van der Waals surface area contributed by atoms with E-state index in [0.717, 1.165) is 11.3 Å². The predicted octanol–water partition coefficient (Wildman–Crippen LogP) is 2.76. The lowest BCUT2D eigenvalue weighted by molar-refractivity contribution is -0.0168. The zero-order valence-electron chi connectivity index (χ0n) is 11.7. The summed E-state index contributed by atoms with van der Waals surface area (Å²) >= 11 is 0. The van der Waals surface area contributed by atoms with Gasteiger partial charge in [0.2, 0.25) is 5.88 Å². The van der Waals surface area contributed by atoms with Gasteiger partial charge in [-0.25, -0.2) is 4.98 Å². The lowest BCUT2D eigenvalue weighted by Crippen LogP contribution is -2.22. The van der Waals surface area contributed by atoms with Gasteiger partial charge in [-0.2, -0.15) is 5.26 Å². The molecule has 0 radical (unpaired) electrons. The first-order chi connectivity index (χ1) is 8.33. The Labute approximate surface area is 109 Å². The van der Waals surface area contributed by atoms with E-state index < -0.39 is 0 Å². The average molecular weight is 248 g/mol. The number of nitrogens with zero attached hydrogens (tertiary/aromatic N) is 2. The molecule has 0 aromatic carbocycles. The van der Waals surface area contributed by atoms with Crippen molar-refractivity contribution < 1.29 is 9.47 Å². The highest BCUT2D eigenvalue weighted by Gasteiger charge is 2.12. The normalized spacial score (nSPS) is 11.1. The lowest BCUT2D eigenvalue weighted by Gasteiger charge is -2.19. The highest BCUT2D eigenvalue weighted by Crippen LogP contribution is 2.19. The van der Waals surface area contributed by atoms with E-state index in [1.807, 2.05) is 40.7 Å². The third kappa shape index (κ3) is 4.34. The largest absolute Gasteiger partial charge is 0.474 e. The van der Waals surface area contributed by atoms with E-state index in [-0.39, 0.29) is 5.60 Å². The Morgan fingerprint density at radius 2 is 1.94 bits per heavy atom. The molecule has 98 valence electrons. The minimum Gasteiger partial charge on any atom is -0.474 e. The molecular formula is C14H20N2O2. The Balaban J connectivity index is 2.65. The van der Waals surface area contributed by atoms with Crippen LogP contribution in [0.4, 0.5) is 0 Å². The zero-order valence-corrected chi connectivity index (χ0v) is 11.7. The van der Waals surface area contributed by atoms with Crippen LogP contribution < -0.4 is 4.74 Å². The van der Waals surface area contributed by atoms with Crippen LogP contribution in [0, 0.1) is 25.2 Å². The van der Waals surface area contributed by atoms with Gasteiger partial charge in [-0.15, -0.1) is 0 Å². The number of nitriles is 1. The SMILES string of the molecule is Cc1cc(C)c(C#N)c(OCCOC(C)(C)C)n1. The fraction of sp³-hybridized carbons (Fsp3) is 0.571. The second-order valence-corrected chi connectivity index (χ2v) is 5.18. The molecule has 0 spiro atoms. The van der Waals surface area contributed by atoms with Crippen LogP contribution in [0.25, 0.3) is 0 Å². The van der Waals surface area contributed by atoms with Crippen LogP contribution in [0.15, 0.2) is 6.07 Å². The van der Waals surface area contributed by atoms with Crippen LogP contribution >= 0.6 is 0 Å². The Kier molecular flexibility index (Phi) is 4.69. The van der Waals surface area contributed by atoms with E-state index in [1.54, 1.807) is 0 Å². The van der Waals surface area contributed by atoms with Crippen molar-refractivity contribution >= 4 is 0 Å². The summed E-state index contributed by atoms with van der Waals surface area (Å²) < 4.78 is 11.1. The van der Waals surface area contributed by atoms with Gasteiger partial charge in [-0.1, -0.05) is 0 Å². The van der Waals surface area contributed by atoms with Crippen molar-refractivity contribution in [3.05, 3.63) is 22.9 Å². The number of aryl methyl sites for hydroxylation is 2. The van der Waals surface area contributed by atoms with Crippen molar-refractivity contribution in [1.82, 2.24) is 4.98 Å². The van der Waals surface area contributed by atoms with Gasteiger partial charge in [-0.05, 0) is 46.2 Å². The molecule has 0 bridgehead atoms. The van der Waals surface area contributed by atoms with Crippen LogP contribution in [0.2, 0.25) is 0 Å². The van der Waals surface area contributed by atoms with Crippen LogP contribution in [0.1, 0.15) is 37.6 Å². The number of pyridine rings is 1. The van der Waals surface area contributed by atoms with E-state index >= 15 is 0 Å². The van der Waals surface area contributed by atoms with Crippen LogP contribution in [-0.2, 0) is 4.74 Å². The van der Waals surface area contributed by atoms with Gasteiger partial charge in [0, 0.05) is 5.69 Å². The van der Waals surface area contributed by atoms with E-state index in [9.17, 15) is 0 Å². The highest BCUT2D eigenvalue weighted by molar-refractivity contribution is 5.45. The second kappa shape index (κ2) is 5.83. The molecule has 0 aliphatic heterocycles. The molecule has 0 fully saturated rings. The Morgan fingerprint density at radius 1 is 1.28 bits per heavy atom. The monoisotopic (exact) mass is 248 g/mol. The van der Waals surface area contributed by atoms with Crippen LogP contribution in [-0.4, -0.2) is 23.8 Å². The molecule has 0 unspecified atom stereocenters. The third-order valence-electron chi connectivity index (χ3n) is 2.28. The summed E-state index contributed by atoms with van der Waals surface area (Å²) in [6.07, 6.45) is 0. The molecule has 1 aromatic heterocycles. The molecule has 0 saturated carbocycles. The summed E-state index contributed by atoms with van der Waals surface area (Å²) in [5, 5.41) is 9.07. The Bertz CT molecular complexity index is 456. The zero-order chi connectivity index (χ0) is 13.8. The van der Waals surface area contributed by atoms with Crippen molar-refractivity contribution in [3.8, 4) is 11.9 Å². The average Bonchev–Trinajstić information content (AvgIpc) is 2.22. The molecule has 0 aliphatic rings. The molecule has 1 aromatic rings. The maximum absolute atomic E-state index is 9.07. The quantitative estimate of drug-likeness (QED) is 0.769. The first-order valence-corrected chi connectivity index (χ1v) is 5.98. The summed E-state index contributed by atoms with van der Waals surface area (Å²) in [6.45, 7) is 10.6. The molecular weight excluding hydrogens is 228 g/mol. The first kappa shape index (κ1) is 14.5. The summed E-state index contributed by atoms with van der Waals surface area (Å²) in [5.41, 5.74) is 2.04. The number of hydrogen-bond acceptors (Lipinski definition) is 4. The van der Waals surface area contributed by atoms with Crippen LogP contribution in [0.5, 0.6) is 5.88 Å². The third-order valence-corrected chi connectivity index (χ3v) is 2.28. The van der Waals surface area contributed by atoms with E-state index in [0.29, 0.717) is 24.7 Å². The molecule has 4 heteroatoms. The number of aromatic nitrogens is 1. The van der Waals surface area contributed by atoms with Gasteiger partial charge >= 0.3 is 0 Å². The van der Waals surface area contributed by atoms with Gasteiger partial charge < -0.3 is 9.47 Å². The predicted molar refractivity (Wildman–Crippen MR) is 69.6 cm³/mol. The topological polar surface area (TPSA) is 55.1 Å². The molecule has 0 aliphatic carbocycles. The fourth-order valence-electron chi connectivity index (χ4n) is 1.53. The highest BCUT2D eigenvalue weighted by atomic mass is 16.5. The summed E-state index contributed by atoms with van der Waals surface area (Å²) in [7, 11) is 0. The van der Waals surface area contributed by atoms with Crippen molar-refractivity contribution in [2.45, 2.75) is 40.2 Å². The molecule has 1 heterocycles. The number of hydrogen-bond donors (Lipinski definition) is 0. The minimum atomic E-state index is -0.183. The molecule has 4 nitrogen and oxygen atoms in total. The number of ether oxygens (including phenoxy) is 2. The molecule has 0 atom stereocenters. The standard InChI is InChI=1S/C14H20N2O2/c1-10-8-11(2)16-13(12(10)9-15)17-6-7-18-14(3,4)5/h8H,6-7H2,1-5H3. The summed E-state index contributed by atoms with van der Waals surface area (Å²) in [4.78, 5) is 4.24. The van der Waals surface area contributed by atoms with Gasteiger partial charge in [-0.3, -0.25) is 0 Å². The van der Waals surface area contributed by atoms with Gasteiger partial charge in [0.05, 0.1) is 12.2 Å². The molecule has 18 heavy (non-hydrogen) atoms. The first-order valence-electron chi connectivity index (χ1n) is 5.98. The Morgan fingerprint density at radius 3 is 2.50 bits per heavy atom. The smallest absolute Gasteiger partial charge is 0.232 e. The molecule has 0 N–H and O–H groups in total. The van der Waals surface area contributed by atoms with Gasteiger partial charge in [0.1, 0.15) is 18.2 Å². The van der Waals surface area contributed by atoms with Crippen molar-refractivity contribution in [3.63, 3.8) is 0 Å². The van der Waals surface area contributed by atoms with E-state index in [2.05, 4.69) is 11.1 Å². The second-order valence-electron chi connectivity index (χ2n) is 5.18. The van der Waals surface area contributed by atoms with Gasteiger partial charge in [0.25, 0.3) is 0 Å². The minimum absolute atomic E-state index is 0.183. The summed E-state index contributed by atoms with van der Waals surface area (Å²) in [5.74, 6) is 0.396. The van der Waals surface area contributed by atoms with E-state index in [1.165, 1.54) is 0 Å². The van der Waals surface area contributed by atoms with Crippen molar-refractivity contribution in [2.24, 2.45) is 0 Å². The maximum atomic E-state index is 9.07. The molecule has 0 amide bonds. The lowest BCUT2D eigenvalue weighted by atomic mass is 10.1. The van der Waals surface area contributed by atoms with Crippen molar-refractivity contribution in [2.75, 3.05) is 13.2 Å². The molecule has 0 saturated heterocycles. The van der Waals surface area contributed by atoms with Crippen molar-refractivity contribution in [1.29, 1.82) is 5.26 Å².